The fourth-order valence-corrected chi connectivity index (χ4v) is 3.88. The number of nitrogens with zero attached hydrogens (tertiary/aromatic N) is 2. The molecule has 1 aromatic rings. The van der Waals surface area contributed by atoms with Gasteiger partial charge in [-0.25, -0.2) is 0 Å². The molecule has 0 spiro atoms. The average Bonchev–Trinajstić information content (AvgIpc) is 2.38. The van der Waals surface area contributed by atoms with Crippen molar-refractivity contribution in [2.75, 3.05) is 4.90 Å². The van der Waals surface area contributed by atoms with E-state index in [9.17, 15) is 0 Å². The molecule has 4 heteroatoms. The third-order valence-electron chi connectivity index (χ3n) is 4.37. The maximum Gasteiger partial charge on any atom is 0.0992 e. The van der Waals surface area contributed by atoms with Crippen molar-refractivity contribution >= 4 is 17.3 Å². The molecule has 0 saturated carbocycles. The van der Waals surface area contributed by atoms with Crippen LogP contribution >= 0.6 is 11.6 Å². The van der Waals surface area contributed by atoms with E-state index in [2.05, 4.69) is 11.0 Å². The van der Waals surface area contributed by atoms with E-state index in [1.165, 1.54) is 19.3 Å². The monoisotopic (exact) mass is 275 g/mol. The van der Waals surface area contributed by atoms with E-state index in [1.807, 2.05) is 12.1 Å². The zero-order valence-electron chi connectivity index (χ0n) is 10.8. The molecule has 2 atom stereocenters. The Morgan fingerprint density at radius 1 is 1.26 bits per heavy atom. The Labute approximate surface area is 118 Å². The zero-order chi connectivity index (χ0) is 13.4. The van der Waals surface area contributed by atoms with Gasteiger partial charge in [-0.2, -0.15) is 5.26 Å². The molecule has 2 N–H and O–H groups in total. The molecule has 100 valence electrons. The van der Waals surface area contributed by atoms with Crippen molar-refractivity contribution < 1.29 is 0 Å². The first-order valence-electron chi connectivity index (χ1n) is 6.92. The summed E-state index contributed by atoms with van der Waals surface area (Å²) in [5, 5.41) is 9.61. The molecule has 0 aromatic heterocycles. The Balaban J connectivity index is 1.95. The van der Waals surface area contributed by atoms with Crippen molar-refractivity contribution in [3.05, 3.63) is 28.8 Å². The second kappa shape index (κ2) is 5.03. The van der Waals surface area contributed by atoms with Gasteiger partial charge in [0.2, 0.25) is 0 Å². The van der Waals surface area contributed by atoms with Gasteiger partial charge in [-0.15, -0.1) is 0 Å². The molecule has 2 fully saturated rings. The fraction of sp³-hybridized carbons (Fsp3) is 0.533. The third-order valence-corrected chi connectivity index (χ3v) is 4.67. The summed E-state index contributed by atoms with van der Waals surface area (Å²) in [4.78, 5) is 2.45. The van der Waals surface area contributed by atoms with Crippen molar-refractivity contribution in [1.82, 2.24) is 0 Å². The van der Waals surface area contributed by atoms with E-state index < -0.39 is 0 Å². The van der Waals surface area contributed by atoms with E-state index in [0.29, 0.717) is 28.7 Å². The van der Waals surface area contributed by atoms with Crippen LogP contribution in [0.3, 0.4) is 0 Å². The highest BCUT2D eigenvalue weighted by Gasteiger charge is 2.37. The number of hydrogen-bond donors (Lipinski definition) is 1. The van der Waals surface area contributed by atoms with Gasteiger partial charge in [-0.05, 0) is 50.3 Å². The molecule has 2 heterocycles. The normalized spacial score (nSPS) is 29.9. The molecule has 2 unspecified atom stereocenters. The summed E-state index contributed by atoms with van der Waals surface area (Å²) >= 11 is 6.37. The number of nitrogens with two attached hydrogens (primary N) is 1. The van der Waals surface area contributed by atoms with Gasteiger partial charge < -0.3 is 10.6 Å². The second-order valence-corrected chi connectivity index (χ2v) is 6.06. The fourth-order valence-electron chi connectivity index (χ4n) is 3.60. The molecule has 2 saturated heterocycles. The van der Waals surface area contributed by atoms with Gasteiger partial charge in [-0.3, -0.25) is 0 Å². The van der Waals surface area contributed by atoms with Gasteiger partial charge in [0.05, 0.1) is 22.3 Å². The van der Waals surface area contributed by atoms with Gasteiger partial charge in [0.25, 0.3) is 0 Å². The smallest absolute Gasteiger partial charge is 0.0992 e. The van der Waals surface area contributed by atoms with Crippen LogP contribution in [0.5, 0.6) is 0 Å². The standard InChI is InChI=1S/C15H18ClN3/c16-14-6-10(9-17)4-5-15(14)19-12-2-1-3-13(19)8-11(18)7-12/h4-6,11-13H,1-3,7-8,18H2. The van der Waals surface area contributed by atoms with Crippen LogP contribution in [0.25, 0.3) is 0 Å². The first kappa shape index (κ1) is 12.8. The van der Waals surface area contributed by atoms with E-state index >= 15 is 0 Å². The summed E-state index contributed by atoms with van der Waals surface area (Å²) < 4.78 is 0. The highest BCUT2D eigenvalue weighted by atomic mass is 35.5. The second-order valence-electron chi connectivity index (χ2n) is 5.66. The lowest BCUT2D eigenvalue weighted by atomic mass is 9.81. The highest BCUT2D eigenvalue weighted by molar-refractivity contribution is 6.33. The number of benzene rings is 1. The van der Waals surface area contributed by atoms with E-state index in [4.69, 9.17) is 22.6 Å². The van der Waals surface area contributed by atoms with Crippen molar-refractivity contribution in [3.63, 3.8) is 0 Å². The molecule has 0 radical (unpaired) electrons. The Morgan fingerprint density at radius 2 is 1.95 bits per heavy atom. The number of rotatable bonds is 1. The molecule has 2 bridgehead atoms. The molecule has 0 aliphatic carbocycles. The quantitative estimate of drug-likeness (QED) is 0.857. The van der Waals surface area contributed by atoms with Gasteiger partial charge in [0, 0.05) is 18.1 Å². The molecule has 3 nitrogen and oxygen atoms in total. The molecule has 2 aliphatic heterocycles. The maximum atomic E-state index is 8.92. The molecule has 19 heavy (non-hydrogen) atoms. The van der Waals surface area contributed by atoms with Crippen molar-refractivity contribution in [2.45, 2.75) is 50.2 Å². The van der Waals surface area contributed by atoms with E-state index in [-0.39, 0.29) is 0 Å². The summed E-state index contributed by atoms with van der Waals surface area (Å²) in [6.07, 6.45) is 5.77. The minimum absolute atomic E-state index is 0.323. The number of nitriles is 1. The lowest BCUT2D eigenvalue weighted by Gasteiger charge is -2.50. The van der Waals surface area contributed by atoms with Crippen LogP contribution in [-0.4, -0.2) is 18.1 Å². The van der Waals surface area contributed by atoms with Crippen LogP contribution in [0.4, 0.5) is 5.69 Å². The van der Waals surface area contributed by atoms with Crippen molar-refractivity contribution in [2.24, 2.45) is 5.73 Å². The first-order chi connectivity index (χ1) is 9.19. The number of halogens is 1. The predicted molar refractivity (Wildman–Crippen MR) is 77.3 cm³/mol. The molecule has 1 aromatic carbocycles. The minimum atomic E-state index is 0.323. The third kappa shape index (κ3) is 2.31. The molecule has 0 amide bonds. The number of anilines is 1. The summed E-state index contributed by atoms with van der Waals surface area (Å²) in [6.45, 7) is 0. The summed E-state index contributed by atoms with van der Waals surface area (Å²) in [5.74, 6) is 0. The first-order valence-corrected chi connectivity index (χ1v) is 7.30. The van der Waals surface area contributed by atoms with E-state index in [1.54, 1.807) is 6.07 Å². The topological polar surface area (TPSA) is 53.0 Å². The summed E-state index contributed by atoms with van der Waals surface area (Å²) in [7, 11) is 0. The van der Waals surface area contributed by atoms with Gasteiger partial charge in [0.1, 0.15) is 0 Å². The molecular formula is C15H18ClN3. The van der Waals surface area contributed by atoms with Gasteiger partial charge in [0.15, 0.2) is 0 Å². The van der Waals surface area contributed by atoms with Gasteiger partial charge in [-0.1, -0.05) is 11.6 Å². The minimum Gasteiger partial charge on any atom is -0.364 e. The lowest BCUT2D eigenvalue weighted by Crippen LogP contribution is -2.55. The largest absolute Gasteiger partial charge is 0.364 e. The van der Waals surface area contributed by atoms with Crippen LogP contribution in [0.2, 0.25) is 5.02 Å². The van der Waals surface area contributed by atoms with Crippen LogP contribution in [0.15, 0.2) is 18.2 Å². The van der Waals surface area contributed by atoms with Crippen LogP contribution in [0, 0.1) is 11.3 Å². The van der Waals surface area contributed by atoms with E-state index in [0.717, 1.165) is 18.5 Å². The lowest BCUT2D eigenvalue weighted by molar-refractivity contribution is 0.271. The Hall–Kier alpha value is -1.24. The number of hydrogen-bond acceptors (Lipinski definition) is 3. The number of piperidine rings is 2. The molecular weight excluding hydrogens is 258 g/mol. The maximum absolute atomic E-state index is 8.92. The summed E-state index contributed by atoms with van der Waals surface area (Å²) in [5.41, 5.74) is 7.84. The molecule has 3 rings (SSSR count). The zero-order valence-corrected chi connectivity index (χ0v) is 11.6. The Bertz CT molecular complexity index is 509. The Kier molecular flexibility index (Phi) is 3.38. The number of fused-ring (bicyclic) bond motifs is 2. The Morgan fingerprint density at radius 3 is 2.53 bits per heavy atom. The van der Waals surface area contributed by atoms with Crippen molar-refractivity contribution in [3.8, 4) is 6.07 Å². The van der Waals surface area contributed by atoms with Crippen LogP contribution in [0.1, 0.15) is 37.7 Å². The predicted octanol–water partition coefficient (Wildman–Crippen LogP) is 3.06. The van der Waals surface area contributed by atoms with Crippen molar-refractivity contribution in [1.29, 1.82) is 5.26 Å². The van der Waals surface area contributed by atoms with Crippen LogP contribution in [-0.2, 0) is 0 Å². The SMILES string of the molecule is N#Cc1ccc(N2C3CCCC2CC(N)C3)c(Cl)c1. The molecule has 2 aliphatic rings. The van der Waals surface area contributed by atoms with Gasteiger partial charge >= 0.3 is 0 Å². The summed E-state index contributed by atoms with van der Waals surface area (Å²) in [6, 6.07) is 9.08. The average molecular weight is 276 g/mol. The van der Waals surface area contributed by atoms with Crippen LogP contribution < -0.4 is 10.6 Å². The highest BCUT2D eigenvalue weighted by Crippen LogP contribution is 2.40.